The zero-order valence-corrected chi connectivity index (χ0v) is 13.1. The van der Waals surface area contributed by atoms with Gasteiger partial charge >= 0.3 is 0 Å². The van der Waals surface area contributed by atoms with Gasteiger partial charge in [-0.2, -0.15) is 0 Å². The fourth-order valence-electron chi connectivity index (χ4n) is 3.22. The fraction of sp³-hybridized carbons (Fsp3) is 0.471. The van der Waals surface area contributed by atoms with Crippen LogP contribution in [0.25, 0.3) is 10.9 Å². The number of fused-ring (bicyclic) bond motifs is 1. The van der Waals surface area contributed by atoms with Crippen LogP contribution in [0.1, 0.15) is 19.0 Å². The van der Waals surface area contributed by atoms with Gasteiger partial charge in [0.05, 0.1) is 5.52 Å². The lowest BCUT2D eigenvalue weighted by Crippen LogP contribution is -2.51. The number of aryl methyl sites for hydroxylation is 1. The van der Waals surface area contributed by atoms with Crippen molar-refractivity contribution in [3.63, 3.8) is 0 Å². The second-order valence-corrected chi connectivity index (χ2v) is 6.05. The van der Waals surface area contributed by atoms with Crippen molar-refractivity contribution in [3.8, 4) is 0 Å². The molecule has 1 saturated heterocycles. The highest BCUT2D eigenvalue weighted by atomic mass is 15.3. The van der Waals surface area contributed by atoms with Gasteiger partial charge in [-0.1, -0.05) is 6.92 Å². The Morgan fingerprint density at radius 3 is 2.86 bits per heavy atom. The summed E-state index contributed by atoms with van der Waals surface area (Å²) in [4.78, 5) is 9.58. The van der Waals surface area contributed by atoms with Crippen LogP contribution >= 0.6 is 0 Å². The van der Waals surface area contributed by atoms with Crippen molar-refractivity contribution < 1.29 is 0 Å². The first kappa shape index (κ1) is 14.1. The Labute approximate surface area is 126 Å². The van der Waals surface area contributed by atoms with Gasteiger partial charge in [0.25, 0.3) is 0 Å². The van der Waals surface area contributed by atoms with E-state index in [0.717, 1.165) is 36.5 Å². The lowest BCUT2D eigenvalue weighted by atomic mass is 10.1. The van der Waals surface area contributed by atoms with E-state index in [-0.39, 0.29) is 0 Å². The average molecular weight is 284 g/mol. The molecule has 1 aromatic heterocycles. The number of anilines is 2. The van der Waals surface area contributed by atoms with E-state index in [1.54, 1.807) is 0 Å². The highest BCUT2D eigenvalue weighted by molar-refractivity contribution is 5.94. The molecule has 0 radical (unpaired) electrons. The van der Waals surface area contributed by atoms with E-state index < -0.39 is 0 Å². The molecule has 2 aromatic rings. The molecule has 1 aliphatic rings. The smallest absolute Gasteiger partial charge is 0.0727 e. The van der Waals surface area contributed by atoms with Crippen molar-refractivity contribution >= 4 is 22.3 Å². The summed E-state index contributed by atoms with van der Waals surface area (Å²) < 4.78 is 0. The zero-order valence-electron chi connectivity index (χ0n) is 13.1. The van der Waals surface area contributed by atoms with Crippen molar-refractivity contribution in [3.05, 3.63) is 30.0 Å². The highest BCUT2D eigenvalue weighted by Gasteiger charge is 2.24. The summed E-state index contributed by atoms with van der Waals surface area (Å²) in [5.74, 6) is 0. The van der Waals surface area contributed by atoms with E-state index in [9.17, 15) is 0 Å². The number of benzene rings is 1. The molecule has 0 saturated carbocycles. The number of aromatic nitrogens is 1. The van der Waals surface area contributed by atoms with Crippen LogP contribution in [0, 0.1) is 6.92 Å². The molecule has 21 heavy (non-hydrogen) atoms. The van der Waals surface area contributed by atoms with Gasteiger partial charge in [-0.25, -0.2) is 0 Å². The second-order valence-electron chi connectivity index (χ2n) is 6.05. The third-order valence-corrected chi connectivity index (χ3v) is 4.53. The molecule has 1 fully saturated rings. The summed E-state index contributed by atoms with van der Waals surface area (Å²) in [6, 6.07) is 8.81. The minimum absolute atomic E-state index is 0.614. The molecule has 3 rings (SSSR count). The Kier molecular flexibility index (Phi) is 3.72. The van der Waals surface area contributed by atoms with Crippen LogP contribution in [0.2, 0.25) is 0 Å². The third-order valence-electron chi connectivity index (χ3n) is 4.53. The van der Waals surface area contributed by atoms with Crippen LogP contribution < -0.4 is 10.6 Å². The van der Waals surface area contributed by atoms with E-state index in [1.165, 1.54) is 17.5 Å². The van der Waals surface area contributed by atoms with E-state index in [1.807, 2.05) is 12.1 Å². The minimum Gasteiger partial charge on any atom is -0.399 e. The maximum Gasteiger partial charge on any atom is 0.0727 e. The van der Waals surface area contributed by atoms with Gasteiger partial charge < -0.3 is 10.6 Å². The van der Waals surface area contributed by atoms with Crippen LogP contribution in [-0.2, 0) is 0 Å². The molecule has 1 atom stereocenters. The molecule has 4 heteroatoms. The number of nitrogen functional groups attached to an aromatic ring is 1. The van der Waals surface area contributed by atoms with Gasteiger partial charge in [0.15, 0.2) is 0 Å². The molecule has 1 aliphatic heterocycles. The maximum absolute atomic E-state index is 5.98. The van der Waals surface area contributed by atoms with Gasteiger partial charge in [0.2, 0.25) is 0 Å². The molecule has 1 aromatic carbocycles. The predicted molar refractivity (Wildman–Crippen MR) is 89.8 cm³/mol. The highest BCUT2D eigenvalue weighted by Crippen LogP contribution is 2.30. The first-order chi connectivity index (χ1) is 10.1. The van der Waals surface area contributed by atoms with Crippen LogP contribution in [0.3, 0.4) is 0 Å². The van der Waals surface area contributed by atoms with Crippen molar-refractivity contribution in [1.82, 2.24) is 9.88 Å². The van der Waals surface area contributed by atoms with E-state index in [2.05, 4.69) is 47.8 Å². The zero-order chi connectivity index (χ0) is 15.0. The molecule has 0 aliphatic carbocycles. The van der Waals surface area contributed by atoms with Crippen molar-refractivity contribution in [2.75, 3.05) is 37.3 Å². The van der Waals surface area contributed by atoms with E-state index in [0.29, 0.717) is 6.04 Å². The van der Waals surface area contributed by atoms with Gasteiger partial charge in [0, 0.05) is 48.1 Å². The number of hydrogen-bond acceptors (Lipinski definition) is 4. The molecule has 112 valence electrons. The molecule has 2 heterocycles. The quantitative estimate of drug-likeness (QED) is 0.861. The SMILES string of the molecule is CCC1CN(c2cc(C)nc3ccc(N)cc23)CCN1C. The molecule has 0 bridgehead atoms. The molecule has 4 nitrogen and oxygen atoms in total. The Morgan fingerprint density at radius 1 is 1.29 bits per heavy atom. The summed E-state index contributed by atoms with van der Waals surface area (Å²) in [6.07, 6.45) is 1.18. The molecule has 2 N–H and O–H groups in total. The number of hydrogen-bond donors (Lipinski definition) is 1. The number of rotatable bonds is 2. The van der Waals surface area contributed by atoms with Gasteiger partial charge in [-0.05, 0) is 44.7 Å². The number of piperazine rings is 1. The monoisotopic (exact) mass is 284 g/mol. The maximum atomic E-state index is 5.98. The topological polar surface area (TPSA) is 45.4 Å². The molecule has 1 unspecified atom stereocenters. The Bertz CT molecular complexity index is 653. The minimum atomic E-state index is 0.614. The second kappa shape index (κ2) is 5.53. The first-order valence-electron chi connectivity index (χ1n) is 7.70. The third kappa shape index (κ3) is 2.68. The Balaban J connectivity index is 2.05. The van der Waals surface area contributed by atoms with Gasteiger partial charge in [0.1, 0.15) is 0 Å². The largest absolute Gasteiger partial charge is 0.399 e. The normalized spacial score (nSPS) is 20.1. The van der Waals surface area contributed by atoms with Crippen LogP contribution in [-0.4, -0.2) is 42.6 Å². The van der Waals surface area contributed by atoms with Gasteiger partial charge in [-0.15, -0.1) is 0 Å². The van der Waals surface area contributed by atoms with Crippen molar-refractivity contribution in [2.24, 2.45) is 0 Å². The van der Waals surface area contributed by atoms with Crippen LogP contribution in [0.4, 0.5) is 11.4 Å². The number of pyridine rings is 1. The molecular weight excluding hydrogens is 260 g/mol. The lowest BCUT2D eigenvalue weighted by Gasteiger charge is -2.40. The number of nitrogens with two attached hydrogens (primary N) is 1. The number of nitrogens with zero attached hydrogens (tertiary/aromatic N) is 3. The summed E-state index contributed by atoms with van der Waals surface area (Å²) in [6.45, 7) is 7.55. The van der Waals surface area contributed by atoms with Crippen LogP contribution in [0.5, 0.6) is 0 Å². The standard InChI is InChI=1S/C17H24N4/c1-4-14-11-21(8-7-20(14)3)17-9-12(2)19-16-6-5-13(18)10-15(16)17/h5-6,9-10,14H,4,7-8,11,18H2,1-3H3. The first-order valence-corrected chi connectivity index (χ1v) is 7.70. The summed E-state index contributed by atoms with van der Waals surface area (Å²) in [5.41, 5.74) is 10.2. The summed E-state index contributed by atoms with van der Waals surface area (Å²) >= 11 is 0. The van der Waals surface area contributed by atoms with Gasteiger partial charge in [-0.3, -0.25) is 9.88 Å². The summed E-state index contributed by atoms with van der Waals surface area (Å²) in [5, 5.41) is 1.17. The fourth-order valence-corrected chi connectivity index (χ4v) is 3.22. The molecular formula is C17H24N4. The predicted octanol–water partition coefficient (Wildman–Crippen LogP) is 2.66. The van der Waals surface area contributed by atoms with Crippen molar-refractivity contribution in [2.45, 2.75) is 26.3 Å². The Morgan fingerprint density at radius 2 is 2.10 bits per heavy atom. The average Bonchev–Trinajstić information content (AvgIpc) is 2.47. The van der Waals surface area contributed by atoms with E-state index >= 15 is 0 Å². The number of likely N-dealkylation sites (N-methyl/N-ethyl adjacent to an activating group) is 1. The van der Waals surface area contributed by atoms with E-state index in [4.69, 9.17) is 5.73 Å². The summed E-state index contributed by atoms with van der Waals surface area (Å²) in [7, 11) is 2.22. The van der Waals surface area contributed by atoms with Crippen LogP contribution in [0.15, 0.2) is 24.3 Å². The molecule has 0 amide bonds. The lowest BCUT2D eigenvalue weighted by molar-refractivity contribution is 0.213. The van der Waals surface area contributed by atoms with Crippen molar-refractivity contribution in [1.29, 1.82) is 0 Å². The molecule has 0 spiro atoms. The Hall–Kier alpha value is -1.81.